The molecule has 128 valence electrons. The van der Waals surface area contributed by atoms with Crippen LogP contribution in [0.25, 0.3) is 0 Å². The molecule has 2 aromatic heterocycles. The standard InChI is InChI=1S/C18H24N4O2/c1-11-15(12(2)21-20-11)9-14-3-4-17(24-14)18(23)19-16-10-22-7-5-13(16)6-8-22/h3-4,13,16H,5-10H2,1-2H3,(H,19,23)(H,20,21). The lowest BCUT2D eigenvalue weighted by Gasteiger charge is -2.44. The monoisotopic (exact) mass is 328 g/mol. The van der Waals surface area contributed by atoms with Gasteiger partial charge in [0.2, 0.25) is 0 Å². The first-order chi connectivity index (χ1) is 11.6. The number of H-pyrrole nitrogens is 1. The van der Waals surface area contributed by atoms with Gasteiger partial charge in [0.05, 0.1) is 5.69 Å². The number of nitrogens with one attached hydrogen (secondary N) is 2. The summed E-state index contributed by atoms with van der Waals surface area (Å²) < 4.78 is 5.78. The molecule has 2 aromatic rings. The Bertz CT molecular complexity index is 721. The van der Waals surface area contributed by atoms with Crippen LogP contribution in [-0.4, -0.2) is 46.7 Å². The summed E-state index contributed by atoms with van der Waals surface area (Å²) in [4.78, 5) is 14.9. The number of amides is 1. The van der Waals surface area contributed by atoms with Gasteiger partial charge in [-0.2, -0.15) is 5.10 Å². The van der Waals surface area contributed by atoms with Gasteiger partial charge in [0, 0.05) is 30.3 Å². The Morgan fingerprint density at radius 1 is 1.38 bits per heavy atom. The van der Waals surface area contributed by atoms with Gasteiger partial charge in [-0.3, -0.25) is 9.89 Å². The van der Waals surface area contributed by atoms with Crippen LogP contribution in [0.1, 0.15) is 46.1 Å². The van der Waals surface area contributed by atoms with Crippen LogP contribution in [0.4, 0.5) is 0 Å². The van der Waals surface area contributed by atoms with Crippen molar-refractivity contribution in [1.82, 2.24) is 20.4 Å². The molecule has 0 saturated carbocycles. The first-order valence-corrected chi connectivity index (χ1v) is 8.72. The number of furan rings is 1. The quantitative estimate of drug-likeness (QED) is 0.901. The van der Waals surface area contributed by atoms with E-state index in [2.05, 4.69) is 20.4 Å². The van der Waals surface area contributed by atoms with Crippen LogP contribution < -0.4 is 5.32 Å². The lowest BCUT2D eigenvalue weighted by molar-refractivity contribution is 0.0605. The van der Waals surface area contributed by atoms with Gasteiger partial charge < -0.3 is 14.6 Å². The van der Waals surface area contributed by atoms with Crippen LogP contribution in [-0.2, 0) is 6.42 Å². The van der Waals surface area contributed by atoms with Gasteiger partial charge in [-0.25, -0.2) is 0 Å². The minimum atomic E-state index is -0.0966. The molecule has 6 nitrogen and oxygen atoms in total. The van der Waals surface area contributed by atoms with Crippen molar-refractivity contribution < 1.29 is 9.21 Å². The molecule has 3 saturated heterocycles. The van der Waals surface area contributed by atoms with E-state index in [1.54, 1.807) is 6.07 Å². The lowest BCUT2D eigenvalue weighted by Crippen LogP contribution is -2.57. The zero-order chi connectivity index (χ0) is 16.7. The highest BCUT2D eigenvalue weighted by Crippen LogP contribution is 2.27. The Morgan fingerprint density at radius 3 is 2.79 bits per heavy atom. The van der Waals surface area contributed by atoms with Gasteiger partial charge in [0.1, 0.15) is 5.76 Å². The molecule has 3 fully saturated rings. The number of hydrogen-bond acceptors (Lipinski definition) is 4. The summed E-state index contributed by atoms with van der Waals surface area (Å²) in [6.07, 6.45) is 3.03. The summed E-state index contributed by atoms with van der Waals surface area (Å²) >= 11 is 0. The van der Waals surface area contributed by atoms with Gasteiger partial charge in [0.25, 0.3) is 5.91 Å². The number of aryl methyl sites for hydroxylation is 2. The summed E-state index contributed by atoms with van der Waals surface area (Å²) in [5, 5.41) is 10.4. The second-order valence-electron chi connectivity index (χ2n) is 7.07. The van der Waals surface area contributed by atoms with Gasteiger partial charge in [-0.05, 0) is 57.8 Å². The number of piperidine rings is 3. The molecule has 5 rings (SSSR count). The second-order valence-corrected chi connectivity index (χ2v) is 7.07. The van der Waals surface area contributed by atoms with E-state index >= 15 is 0 Å². The number of fused-ring (bicyclic) bond motifs is 3. The molecule has 3 aliphatic heterocycles. The minimum absolute atomic E-state index is 0.0966. The molecule has 5 heterocycles. The molecule has 0 aliphatic carbocycles. The van der Waals surface area contributed by atoms with Crippen molar-refractivity contribution in [2.24, 2.45) is 5.92 Å². The highest BCUT2D eigenvalue weighted by molar-refractivity contribution is 5.91. The largest absolute Gasteiger partial charge is 0.456 e. The Labute approximate surface area is 141 Å². The second kappa shape index (κ2) is 6.09. The molecule has 1 atom stereocenters. The van der Waals surface area contributed by atoms with Crippen LogP contribution in [0.3, 0.4) is 0 Å². The molecule has 2 bridgehead atoms. The third-order valence-electron chi connectivity index (χ3n) is 5.49. The van der Waals surface area contributed by atoms with Crippen molar-refractivity contribution in [3.8, 4) is 0 Å². The predicted molar refractivity (Wildman–Crippen MR) is 90.0 cm³/mol. The highest BCUT2D eigenvalue weighted by Gasteiger charge is 2.35. The third-order valence-corrected chi connectivity index (χ3v) is 5.49. The van der Waals surface area contributed by atoms with Crippen molar-refractivity contribution in [2.75, 3.05) is 19.6 Å². The zero-order valence-corrected chi connectivity index (χ0v) is 14.3. The molecule has 2 N–H and O–H groups in total. The summed E-state index contributed by atoms with van der Waals surface area (Å²) in [7, 11) is 0. The molecule has 6 heteroatoms. The summed E-state index contributed by atoms with van der Waals surface area (Å²) in [5.41, 5.74) is 3.15. The third kappa shape index (κ3) is 2.86. The zero-order valence-electron chi connectivity index (χ0n) is 14.3. The van der Waals surface area contributed by atoms with Gasteiger partial charge in [0.15, 0.2) is 5.76 Å². The summed E-state index contributed by atoms with van der Waals surface area (Å²) in [6, 6.07) is 3.92. The van der Waals surface area contributed by atoms with Crippen LogP contribution in [0.15, 0.2) is 16.5 Å². The summed E-state index contributed by atoms with van der Waals surface area (Å²) in [5.74, 6) is 1.71. The molecule has 0 radical (unpaired) electrons. The lowest BCUT2D eigenvalue weighted by atomic mass is 9.84. The number of aromatic nitrogens is 2. The minimum Gasteiger partial charge on any atom is -0.456 e. The number of hydrogen-bond donors (Lipinski definition) is 2. The van der Waals surface area contributed by atoms with Crippen molar-refractivity contribution in [1.29, 1.82) is 0 Å². The molecule has 24 heavy (non-hydrogen) atoms. The van der Waals surface area contributed by atoms with E-state index in [9.17, 15) is 4.79 Å². The van der Waals surface area contributed by atoms with E-state index in [1.165, 1.54) is 25.9 Å². The van der Waals surface area contributed by atoms with E-state index in [0.717, 1.165) is 29.3 Å². The van der Waals surface area contributed by atoms with Crippen LogP contribution in [0, 0.1) is 19.8 Å². The van der Waals surface area contributed by atoms with Crippen LogP contribution >= 0.6 is 0 Å². The average molecular weight is 328 g/mol. The highest BCUT2D eigenvalue weighted by atomic mass is 16.3. The van der Waals surface area contributed by atoms with E-state index in [1.807, 2.05) is 19.9 Å². The topological polar surface area (TPSA) is 74.2 Å². The van der Waals surface area contributed by atoms with Crippen molar-refractivity contribution >= 4 is 5.91 Å². The molecule has 3 aliphatic rings. The molecular formula is C18H24N4O2. The van der Waals surface area contributed by atoms with Crippen molar-refractivity contribution in [3.63, 3.8) is 0 Å². The first-order valence-electron chi connectivity index (χ1n) is 8.72. The van der Waals surface area contributed by atoms with Gasteiger partial charge >= 0.3 is 0 Å². The molecular weight excluding hydrogens is 304 g/mol. The van der Waals surface area contributed by atoms with E-state index in [4.69, 9.17) is 4.42 Å². The number of aromatic amines is 1. The Kier molecular flexibility index (Phi) is 3.92. The predicted octanol–water partition coefficient (Wildman–Crippen LogP) is 2.03. The molecule has 0 spiro atoms. The fourth-order valence-electron chi connectivity index (χ4n) is 3.97. The number of nitrogens with zero attached hydrogens (tertiary/aromatic N) is 2. The normalized spacial score (nSPS) is 25.8. The number of rotatable bonds is 4. The van der Waals surface area contributed by atoms with E-state index in [-0.39, 0.29) is 11.9 Å². The molecule has 1 unspecified atom stereocenters. The number of carbonyl (C=O) groups excluding carboxylic acids is 1. The van der Waals surface area contributed by atoms with E-state index < -0.39 is 0 Å². The Balaban J connectivity index is 1.42. The molecule has 0 aromatic carbocycles. The maximum atomic E-state index is 12.5. The maximum absolute atomic E-state index is 12.5. The Hall–Kier alpha value is -2.08. The maximum Gasteiger partial charge on any atom is 0.287 e. The smallest absolute Gasteiger partial charge is 0.287 e. The SMILES string of the molecule is Cc1n[nH]c(C)c1Cc1ccc(C(=O)NC2CN3CCC2CC3)o1. The number of carbonyl (C=O) groups is 1. The van der Waals surface area contributed by atoms with Crippen molar-refractivity contribution in [3.05, 3.63) is 40.6 Å². The average Bonchev–Trinajstić information content (AvgIpc) is 3.18. The van der Waals surface area contributed by atoms with Crippen LogP contribution in [0.5, 0.6) is 0 Å². The van der Waals surface area contributed by atoms with E-state index in [0.29, 0.717) is 18.1 Å². The van der Waals surface area contributed by atoms with Gasteiger partial charge in [-0.1, -0.05) is 0 Å². The fourth-order valence-corrected chi connectivity index (χ4v) is 3.97. The van der Waals surface area contributed by atoms with Crippen LogP contribution in [0.2, 0.25) is 0 Å². The Morgan fingerprint density at radius 2 is 2.17 bits per heavy atom. The van der Waals surface area contributed by atoms with Crippen molar-refractivity contribution in [2.45, 2.75) is 39.2 Å². The fraction of sp³-hybridized carbons (Fsp3) is 0.556. The van der Waals surface area contributed by atoms with Gasteiger partial charge in [-0.15, -0.1) is 0 Å². The molecule has 1 amide bonds. The first kappa shape index (κ1) is 15.4. The summed E-state index contributed by atoms with van der Waals surface area (Å²) in [6.45, 7) is 7.29.